The zero-order valence-corrected chi connectivity index (χ0v) is 8.05. The summed E-state index contributed by atoms with van der Waals surface area (Å²) in [5.41, 5.74) is 1.10. The number of nitrogens with two attached hydrogens (primary N) is 1. The Kier molecular flexibility index (Phi) is 3.28. The number of amides is 1. The van der Waals surface area contributed by atoms with Gasteiger partial charge in [-0.15, -0.1) is 0 Å². The minimum atomic E-state index is -3.23. The number of halogens is 2. The van der Waals surface area contributed by atoms with E-state index >= 15 is 0 Å². The Balaban J connectivity index is 3.69. The van der Waals surface area contributed by atoms with E-state index in [0.717, 1.165) is 0 Å². The first-order valence-corrected chi connectivity index (χ1v) is 4.05. The number of nitrogens with zero attached hydrogens (tertiary/aromatic N) is 3. The van der Waals surface area contributed by atoms with Gasteiger partial charge >= 0.3 is 5.69 Å². The minimum Gasteiger partial charge on any atom is -0.366 e. The maximum absolute atomic E-state index is 12.4. The minimum absolute atomic E-state index is 0.566. The molecule has 0 bridgehead atoms. The third-order valence-corrected chi connectivity index (χ3v) is 1.85. The highest BCUT2D eigenvalue weighted by atomic mass is 19.3. The van der Waals surface area contributed by atoms with Gasteiger partial charge in [-0.1, -0.05) is 0 Å². The number of carbonyl (C=O) groups excluding carboxylic acids is 1. The van der Waals surface area contributed by atoms with Crippen LogP contribution in [0.4, 0.5) is 14.5 Å². The first kappa shape index (κ1) is 12.4. The maximum Gasteiger partial charge on any atom is 0.315 e. The summed E-state index contributed by atoms with van der Waals surface area (Å²) >= 11 is 0. The molecule has 0 saturated carbocycles. The molecule has 0 spiro atoms. The first-order chi connectivity index (χ1) is 7.90. The summed E-state index contributed by atoms with van der Waals surface area (Å²) in [7, 11) is 0. The number of alkyl halides is 2. The monoisotopic (exact) mass is 242 g/mol. The topological polar surface area (TPSA) is 123 Å². The molecule has 7 nitrogen and oxygen atoms in total. The summed E-state index contributed by atoms with van der Waals surface area (Å²) in [6.07, 6.45) is -2.61. The Morgan fingerprint density at radius 2 is 2.24 bits per heavy atom. The van der Waals surface area contributed by atoms with Crippen LogP contribution in [0.25, 0.3) is 0 Å². The van der Waals surface area contributed by atoms with Gasteiger partial charge in [0.1, 0.15) is 11.6 Å². The summed E-state index contributed by atoms with van der Waals surface area (Å²) in [6.45, 7) is 0. The molecule has 0 atom stereocenters. The highest BCUT2D eigenvalue weighted by Crippen LogP contribution is 2.31. The zero-order valence-electron chi connectivity index (χ0n) is 8.05. The molecule has 0 unspecified atom stereocenters. The average Bonchev–Trinajstić information content (AvgIpc) is 2.26. The van der Waals surface area contributed by atoms with Crippen LogP contribution in [0.3, 0.4) is 0 Å². The second-order valence-electron chi connectivity index (χ2n) is 2.81. The summed E-state index contributed by atoms with van der Waals surface area (Å²) < 4.78 is 24.9. The van der Waals surface area contributed by atoms with Crippen LogP contribution in [0.5, 0.6) is 0 Å². The second kappa shape index (κ2) is 4.48. The van der Waals surface area contributed by atoms with Crippen molar-refractivity contribution >= 4 is 11.6 Å². The fraction of sp³-hybridized carbons (Fsp3) is 0.125. The molecule has 0 aliphatic rings. The number of aromatic nitrogens is 1. The Morgan fingerprint density at radius 3 is 2.59 bits per heavy atom. The molecule has 0 aliphatic carbocycles. The second-order valence-corrected chi connectivity index (χ2v) is 2.81. The molecule has 9 heteroatoms. The van der Waals surface area contributed by atoms with Crippen LogP contribution in [0.1, 0.15) is 28.0 Å². The molecule has 1 rings (SSSR count). The number of pyridine rings is 1. The third kappa shape index (κ3) is 2.15. The molecule has 88 valence electrons. The van der Waals surface area contributed by atoms with Crippen LogP contribution in [-0.4, -0.2) is 15.8 Å². The molecular formula is C8H4F2N4O3. The van der Waals surface area contributed by atoms with Gasteiger partial charge in [0.05, 0.1) is 10.5 Å². The smallest absolute Gasteiger partial charge is 0.315 e. The molecule has 1 heterocycles. The van der Waals surface area contributed by atoms with Crippen LogP contribution in [0, 0.1) is 21.4 Å². The number of rotatable bonds is 3. The lowest BCUT2D eigenvalue weighted by Crippen LogP contribution is -2.16. The van der Waals surface area contributed by atoms with Crippen molar-refractivity contribution in [2.45, 2.75) is 6.43 Å². The standard InChI is InChI=1S/C8H4F2N4O3/c9-7(10)5-6(14(16)17)3(1-11)4(2-13-5)8(12)15/h2,7H,(H2,12,15). The highest BCUT2D eigenvalue weighted by Gasteiger charge is 2.31. The lowest BCUT2D eigenvalue weighted by Gasteiger charge is -2.04. The fourth-order valence-electron chi connectivity index (χ4n) is 1.16. The van der Waals surface area contributed by atoms with E-state index in [0.29, 0.717) is 6.20 Å². The average molecular weight is 242 g/mol. The van der Waals surface area contributed by atoms with E-state index in [4.69, 9.17) is 11.0 Å². The normalized spacial score (nSPS) is 10.0. The van der Waals surface area contributed by atoms with Gasteiger partial charge in [0.15, 0.2) is 5.69 Å². The van der Waals surface area contributed by atoms with Crippen molar-refractivity contribution in [3.8, 4) is 6.07 Å². The Bertz CT molecular complexity index is 538. The summed E-state index contributed by atoms with van der Waals surface area (Å²) in [5, 5.41) is 19.3. The summed E-state index contributed by atoms with van der Waals surface area (Å²) in [6, 6.07) is 1.31. The van der Waals surface area contributed by atoms with Gasteiger partial charge in [0, 0.05) is 6.20 Å². The maximum atomic E-state index is 12.4. The van der Waals surface area contributed by atoms with Crippen molar-refractivity contribution in [2.75, 3.05) is 0 Å². The van der Waals surface area contributed by atoms with Crippen molar-refractivity contribution in [3.63, 3.8) is 0 Å². The number of nitro groups is 1. The Morgan fingerprint density at radius 1 is 1.65 bits per heavy atom. The van der Waals surface area contributed by atoms with E-state index in [1.165, 1.54) is 6.07 Å². The van der Waals surface area contributed by atoms with E-state index in [1.54, 1.807) is 0 Å². The predicted octanol–water partition coefficient (Wildman–Crippen LogP) is 0.898. The Labute approximate surface area is 92.6 Å². The van der Waals surface area contributed by atoms with Crippen LogP contribution < -0.4 is 5.73 Å². The van der Waals surface area contributed by atoms with Gasteiger partial charge in [-0.05, 0) is 0 Å². The van der Waals surface area contributed by atoms with E-state index in [-0.39, 0.29) is 0 Å². The number of hydrogen-bond donors (Lipinski definition) is 1. The van der Waals surface area contributed by atoms with Crippen molar-refractivity contribution in [1.82, 2.24) is 4.98 Å². The predicted molar refractivity (Wildman–Crippen MR) is 49.1 cm³/mol. The van der Waals surface area contributed by atoms with Crippen LogP contribution in [-0.2, 0) is 0 Å². The molecule has 0 saturated heterocycles. The zero-order chi connectivity index (χ0) is 13.2. The van der Waals surface area contributed by atoms with Gasteiger partial charge in [0.25, 0.3) is 12.3 Å². The van der Waals surface area contributed by atoms with Gasteiger partial charge in [0.2, 0.25) is 0 Å². The number of hydrogen-bond acceptors (Lipinski definition) is 5. The molecule has 2 N–H and O–H groups in total. The molecule has 0 aliphatic heterocycles. The molecule has 0 fully saturated rings. The van der Waals surface area contributed by atoms with E-state index in [2.05, 4.69) is 4.98 Å². The number of nitriles is 1. The van der Waals surface area contributed by atoms with E-state index < -0.39 is 39.8 Å². The van der Waals surface area contributed by atoms with Crippen molar-refractivity contribution in [1.29, 1.82) is 5.26 Å². The van der Waals surface area contributed by atoms with E-state index in [9.17, 15) is 23.7 Å². The molecule has 1 aromatic heterocycles. The van der Waals surface area contributed by atoms with Gasteiger partial charge < -0.3 is 5.73 Å². The fourth-order valence-corrected chi connectivity index (χ4v) is 1.16. The summed E-state index contributed by atoms with van der Waals surface area (Å²) in [4.78, 5) is 23.4. The summed E-state index contributed by atoms with van der Waals surface area (Å²) in [5.74, 6) is -1.15. The molecule has 17 heavy (non-hydrogen) atoms. The molecule has 0 aromatic carbocycles. The SMILES string of the molecule is N#Cc1c(C(N)=O)cnc(C(F)F)c1[N+](=O)[O-]. The Hall–Kier alpha value is -2.63. The van der Waals surface area contributed by atoms with Crippen LogP contribution in [0.2, 0.25) is 0 Å². The van der Waals surface area contributed by atoms with E-state index in [1.807, 2.05) is 0 Å². The van der Waals surface area contributed by atoms with Crippen molar-refractivity contribution in [3.05, 3.63) is 33.1 Å². The largest absolute Gasteiger partial charge is 0.366 e. The third-order valence-electron chi connectivity index (χ3n) is 1.85. The first-order valence-electron chi connectivity index (χ1n) is 4.05. The van der Waals surface area contributed by atoms with Crippen LogP contribution >= 0.6 is 0 Å². The number of primary amides is 1. The molecular weight excluding hydrogens is 238 g/mol. The van der Waals surface area contributed by atoms with Crippen LogP contribution in [0.15, 0.2) is 6.20 Å². The van der Waals surface area contributed by atoms with Crippen molar-refractivity contribution in [2.24, 2.45) is 5.73 Å². The molecule has 0 radical (unpaired) electrons. The lowest BCUT2D eigenvalue weighted by molar-refractivity contribution is -0.386. The highest BCUT2D eigenvalue weighted by molar-refractivity contribution is 5.96. The van der Waals surface area contributed by atoms with Gasteiger partial charge in [-0.3, -0.25) is 14.9 Å². The molecule has 1 amide bonds. The van der Waals surface area contributed by atoms with Gasteiger partial charge in [-0.2, -0.15) is 5.26 Å². The lowest BCUT2D eigenvalue weighted by atomic mass is 10.1. The quantitative estimate of drug-likeness (QED) is 0.622. The number of carbonyl (C=O) groups is 1. The van der Waals surface area contributed by atoms with Gasteiger partial charge in [-0.25, -0.2) is 13.8 Å². The molecule has 1 aromatic rings. The van der Waals surface area contributed by atoms with Crippen molar-refractivity contribution < 1.29 is 18.5 Å².